The Bertz CT molecular complexity index is 64.7. The topological polar surface area (TPSA) is 38.2 Å². The second-order valence-electron chi connectivity index (χ2n) is 3.23. The van der Waals surface area contributed by atoms with Gasteiger partial charge in [-0.3, -0.25) is 0 Å². The fourth-order valence-corrected chi connectivity index (χ4v) is 1.33. The summed E-state index contributed by atoms with van der Waals surface area (Å²) in [6.07, 6.45) is 3.65. The zero-order valence-electron chi connectivity index (χ0n) is 11.7. The number of halogens is 1. The average Bonchev–Trinajstić information content (AvgIpc) is 2.05. The van der Waals surface area contributed by atoms with Gasteiger partial charge in [0.1, 0.15) is 0 Å². The molecule has 1 aliphatic heterocycles. The molecule has 1 aliphatic rings. The minimum atomic E-state index is 0. The fraction of sp³-hybridized carbons (Fsp3) is 0.750. The van der Waals surface area contributed by atoms with E-state index in [1.807, 2.05) is 0 Å². The van der Waals surface area contributed by atoms with Crippen LogP contribution in [-0.2, 0) is 21.7 Å². The van der Waals surface area contributed by atoms with Crippen molar-refractivity contribution in [2.24, 2.45) is 0 Å². The second-order valence-corrected chi connectivity index (χ2v) is 3.23. The van der Waals surface area contributed by atoms with Crippen LogP contribution in [0.15, 0.2) is 0 Å². The molecule has 1 rings (SSSR count). The number of nitrogens with zero attached hydrogens (tertiary/aromatic N) is 1. The summed E-state index contributed by atoms with van der Waals surface area (Å²) in [5.41, 5.74) is 0. The Morgan fingerprint density at radius 2 is 1.00 bits per heavy atom. The van der Waals surface area contributed by atoms with E-state index in [9.17, 15) is 0 Å². The third-order valence-corrected chi connectivity index (χ3v) is 2.05. The van der Waals surface area contributed by atoms with E-state index in [2.05, 4.69) is 16.0 Å². The Morgan fingerprint density at radius 1 is 0.647 bits per heavy atom. The zero-order chi connectivity index (χ0) is 8.49. The summed E-state index contributed by atoms with van der Waals surface area (Å²) in [7, 11) is 0. The van der Waals surface area contributed by atoms with Crippen molar-refractivity contribution in [2.45, 2.75) is 19.3 Å². The molecule has 0 spiro atoms. The van der Waals surface area contributed by atoms with Crippen molar-refractivity contribution in [2.75, 3.05) is 39.3 Å². The first kappa shape index (κ1) is 30.7. The summed E-state index contributed by atoms with van der Waals surface area (Å²) in [6.45, 7) is 6.62. The monoisotopic (exact) mass is 299 g/mol. The molecule has 0 saturated carbocycles. The van der Waals surface area contributed by atoms with E-state index in [4.69, 9.17) is 0 Å². The van der Waals surface area contributed by atoms with E-state index < -0.39 is 0 Å². The maximum atomic E-state index is 4.42. The molecule has 0 atom stereocenters. The standard InChI is InChI=1S/C9H20N3.3CH3.ClH.Ti/c1-4-10-6-2-8-12-9-3-7-11-5-1;;;;;/h10-11H,1-9H2;3*1H3;1H;/q4*-1;;+4. The van der Waals surface area contributed by atoms with Crippen LogP contribution in [0.4, 0.5) is 0 Å². The Balaban J connectivity index is -0.0000000960. The average molecular weight is 300 g/mol. The van der Waals surface area contributed by atoms with Gasteiger partial charge >= 0.3 is 21.7 Å². The Labute approximate surface area is 131 Å². The maximum Gasteiger partial charge on any atom is 4.00 e. The van der Waals surface area contributed by atoms with Gasteiger partial charge in [0, 0.05) is 0 Å². The molecule has 0 unspecified atom stereocenters. The molecule has 0 aliphatic carbocycles. The molecular weight excluding hydrogens is 269 g/mol. The van der Waals surface area contributed by atoms with E-state index in [1.165, 1.54) is 19.3 Å². The Kier molecular flexibility index (Phi) is 46.4. The van der Waals surface area contributed by atoms with Crippen LogP contribution in [0.3, 0.4) is 0 Å². The van der Waals surface area contributed by atoms with Gasteiger partial charge in [0.25, 0.3) is 0 Å². The fourth-order valence-electron chi connectivity index (χ4n) is 1.33. The third kappa shape index (κ3) is 22.5. The van der Waals surface area contributed by atoms with Crippen molar-refractivity contribution in [3.8, 4) is 0 Å². The first-order valence-electron chi connectivity index (χ1n) is 5.05. The number of nitrogens with one attached hydrogen (secondary N) is 2. The van der Waals surface area contributed by atoms with E-state index in [0.717, 1.165) is 39.3 Å². The molecular formula is C12H30ClN3Ti. The molecule has 0 aromatic heterocycles. The van der Waals surface area contributed by atoms with Crippen LogP contribution in [0.1, 0.15) is 19.3 Å². The summed E-state index contributed by atoms with van der Waals surface area (Å²) in [6, 6.07) is 0. The molecule has 0 amide bonds. The van der Waals surface area contributed by atoms with Gasteiger partial charge in [-0.15, -0.1) is 25.5 Å². The van der Waals surface area contributed by atoms with Crippen molar-refractivity contribution >= 4 is 12.4 Å². The van der Waals surface area contributed by atoms with Crippen molar-refractivity contribution in [1.82, 2.24) is 10.6 Å². The van der Waals surface area contributed by atoms with Crippen LogP contribution in [0, 0.1) is 22.3 Å². The largest absolute Gasteiger partial charge is 4.00 e. The van der Waals surface area contributed by atoms with Gasteiger partial charge in [0.05, 0.1) is 0 Å². The number of hydrogen-bond acceptors (Lipinski definition) is 2. The molecule has 3 nitrogen and oxygen atoms in total. The van der Waals surface area contributed by atoms with Crippen molar-refractivity contribution in [1.29, 1.82) is 0 Å². The van der Waals surface area contributed by atoms with Crippen molar-refractivity contribution in [3.63, 3.8) is 0 Å². The van der Waals surface area contributed by atoms with Crippen LogP contribution >= 0.6 is 12.4 Å². The predicted octanol–water partition coefficient (Wildman–Crippen LogP) is 2.49. The third-order valence-electron chi connectivity index (χ3n) is 2.05. The molecule has 0 aromatic rings. The van der Waals surface area contributed by atoms with Crippen LogP contribution in [-0.4, -0.2) is 39.3 Å². The van der Waals surface area contributed by atoms with Crippen LogP contribution in [0.25, 0.3) is 5.32 Å². The zero-order valence-corrected chi connectivity index (χ0v) is 14.1. The van der Waals surface area contributed by atoms with E-state index in [-0.39, 0.29) is 56.4 Å². The van der Waals surface area contributed by atoms with Gasteiger partial charge in [-0.25, -0.2) is 0 Å². The van der Waals surface area contributed by atoms with E-state index in [0.29, 0.717) is 0 Å². The minimum absolute atomic E-state index is 0. The second kappa shape index (κ2) is 25.7. The summed E-state index contributed by atoms with van der Waals surface area (Å²) < 4.78 is 0. The predicted molar refractivity (Wildman–Crippen MR) is 79.2 cm³/mol. The maximum absolute atomic E-state index is 4.42. The van der Waals surface area contributed by atoms with Crippen molar-refractivity contribution < 1.29 is 21.7 Å². The molecule has 0 aromatic carbocycles. The van der Waals surface area contributed by atoms with Gasteiger partial charge in [-0.05, 0) is 32.6 Å². The van der Waals surface area contributed by atoms with Crippen LogP contribution in [0.2, 0.25) is 0 Å². The molecule has 5 heteroatoms. The van der Waals surface area contributed by atoms with E-state index >= 15 is 0 Å². The van der Waals surface area contributed by atoms with Gasteiger partial charge in [-0.1, -0.05) is 12.8 Å². The smallest absolute Gasteiger partial charge is 0.662 e. The molecule has 2 N–H and O–H groups in total. The summed E-state index contributed by atoms with van der Waals surface area (Å²) >= 11 is 0. The van der Waals surface area contributed by atoms with Gasteiger partial charge < -0.3 is 38.2 Å². The first-order valence-corrected chi connectivity index (χ1v) is 5.05. The number of hydrogen-bond donors (Lipinski definition) is 2. The molecule has 17 heavy (non-hydrogen) atoms. The molecule has 0 radical (unpaired) electrons. The normalized spacial score (nSPS) is 16.9. The molecule has 104 valence electrons. The molecule has 1 fully saturated rings. The summed E-state index contributed by atoms with van der Waals surface area (Å²) in [5, 5.41) is 11.2. The van der Waals surface area contributed by atoms with Crippen LogP contribution < -0.4 is 10.6 Å². The summed E-state index contributed by atoms with van der Waals surface area (Å²) in [5.74, 6) is 0. The van der Waals surface area contributed by atoms with Gasteiger partial charge in [0.15, 0.2) is 0 Å². The molecule has 1 heterocycles. The van der Waals surface area contributed by atoms with Gasteiger partial charge in [0.2, 0.25) is 0 Å². The Hall–Kier alpha value is 0.884. The van der Waals surface area contributed by atoms with Gasteiger partial charge in [-0.2, -0.15) is 0 Å². The first-order chi connectivity index (χ1) is 6.00. The SMILES string of the molecule is C1C[N-]CCCNCCCNC1.Cl.[CH3-].[CH3-].[CH3-].[Ti+4]. The summed E-state index contributed by atoms with van der Waals surface area (Å²) in [4.78, 5) is 0. The quantitative estimate of drug-likeness (QED) is 0.533. The van der Waals surface area contributed by atoms with E-state index in [1.54, 1.807) is 0 Å². The van der Waals surface area contributed by atoms with Crippen molar-refractivity contribution in [3.05, 3.63) is 27.6 Å². The number of rotatable bonds is 0. The molecule has 1 saturated heterocycles. The Morgan fingerprint density at radius 3 is 1.41 bits per heavy atom. The molecule has 0 bridgehead atoms. The van der Waals surface area contributed by atoms with Crippen LogP contribution in [0.5, 0.6) is 0 Å². The minimum Gasteiger partial charge on any atom is -0.662 e.